The molecule has 1 unspecified atom stereocenters. The minimum atomic E-state index is -0.392. The molecule has 7 heteroatoms. The third kappa shape index (κ3) is 6.55. The zero-order valence-electron chi connectivity index (χ0n) is 28.6. The Morgan fingerprint density at radius 3 is 2.52 bits per heavy atom. The number of thiazole rings is 1. The van der Waals surface area contributed by atoms with E-state index in [-0.39, 0.29) is 15.0 Å². The van der Waals surface area contributed by atoms with Gasteiger partial charge in [-0.25, -0.2) is 0 Å². The molecule has 1 aliphatic carbocycles. The van der Waals surface area contributed by atoms with Gasteiger partial charge < -0.3 is 0 Å². The predicted octanol–water partition coefficient (Wildman–Crippen LogP) is 9.79. The Kier molecular flexibility index (Phi) is 10.2. The van der Waals surface area contributed by atoms with Crippen molar-refractivity contribution in [1.82, 2.24) is 0 Å². The molecule has 0 amide bonds. The average molecular weight is 740 g/mol. The average Bonchev–Trinajstić information content (AvgIpc) is 3.75. The zero-order chi connectivity index (χ0) is 33.1. The third-order valence-corrected chi connectivity index (χ3v) is 14.3. The van der Waals surface area contributed by atoms with Crippen molar-refractivity contribution in [2.45, 2.75) is 82.3 Å². The van der Waals surface area contributed by atoms with Gasteiger partial charge in [0.25, 0.3) is 0 Å². The number of aromatic nitrogens is 1. The van der Waals surface area contributed by atoms with Gasteiger partial charge in [-0.3, -0.25) is 0 Å². The number of anilines is 2. The van der Waals surface area contributed by atoms with Gasteiger partial charge in [0.15, 0.2) is 0 Å². The summed E-state index contributed by atoms with van der Waals surface area (Å²) in [4.78, 5) is 6.34. The van der Waals surface area contributed by atoms with E-state index in [1.54, 1.807) is 0 Å². The van der Waals surface area contributed by atoms with Crippen LogP contribution in [0.15, 0.2) is 118 Å². The molecule has 4 nitrogen and oxygen atoms in total. The van der Waals surface area contributed by atoms with E-state index >= 15 is 0 Å². The van der Waals surface area contributed by atoms with E-state index in [0.29, 0.717) is 0 Å². The van der Waals surface area contributed by atoms with Gasteiger partial charge in [-0.2, -0.15) is 0 Å². The number of thioether (sulfide) groups is 1. The molecule has 3 heterocycles. The molecule has 3 aromatic carbocycles. The summed E-state index contributed by atoms with van der Waals surface area (Å²) in [7, 11) is 0. The number of para-hydroxylation sites is 3. The van der Waals surface area contributed by atoms with Crippen molar-refractivity contribution in [1.29, 1.82) is 0 Å². The summed E-state index contributed by atoms with van der Waals surface area (Å²) in [6.07, 6.45) is 16.2. The quantitative estimate of drug-likeness (QED) is 0.0867. The number of aryl methyl sites for hydroxylation is 1. The number of rotatable bonds is 11. The second-order valence-corrected chi connectivity index (χ2v) is 17.7. The van der Waals surface area contributed by atoms with Crippen LogP contribution in [0.4, 0.5) is 11.4 Å². The molecule has 4 aromatic rings. The van der Waals surface area contributed by atoms with E-state index in [4.69, 9.17) is 4.74 Å². The summed E-state index contributed by atoms with van der Waals surface area (Å²) >= 11 is 3.90. The summed E-state index contributed by atoms with van der Waals surface area (Å²) in [6, 6.07) is 26.5. The summed E-state index contributed by atoms with van der Waals surface area (Å²) < 4.78 is 12.3. The molecule has 7 rings (SSSR count). The van der Waals surface area contributed by atoms with Gasteiger partial charge in [-0.1, -0.05) is 0 Å². The number of hydrogen-bond donors (Lipinski definition) is 0. The van der Waals surface area contributed by atoms with Crippen molar-refractivity contribution in [3.8, 4) is 0 Å². The first kappa shape index (κ1) is 33.3. The van der Waals surface area contributed by atoms with Crippen molar-refractivity contribution in [2.24, 2.45) is 0 Å². The molecule has 48 heavy (non-hydrogen) atoms. The molecule has 2 aliphatic heterocycles. The molecule has 0 fully saturated rings. The number of fused-ring (bicyclic) bond motifs is 3. The number of benzene rings is 3. The van der Waals surface area contributed by atoms with Gasteiger partial charge in [0.1, 0.15) is 0 Å². The fourth-order valence-electron chi connectivity index (χ4n) is 7.05. The predicted molar refractivity (Wildman–Crippen MR) is 207 cm³/mol. The zero-order valence-corrected chi connectivity index (χ0v) is 31.9. The van der Waals surface area contributed by atoms with Gasteiger partial charge in [-0.05, 0) is 0 Å². The Morgan fingerprint density at radius 2 is 1.69 bits per heavy atom. The Morgan fingerprint density at radius 1 is 0.896 bits per heavy atom. The molecule has 0 N–H and O–H groups in total. The van der Waals surface area contributed by atoms with Crippen LogP contribution in [0.3, 0.4) is 0 Å². The topological polar surface area (TPSA) is 19.6 Å². The molecule has 0 saturated carbocycles. The van der Waals surface area contributed by atoms with E-state index < -0.39 is 4.62 Å². The Balaban J connectivity index is 1.29. The van der Waals surface area contributed by atoms with Gasteiger partial charge in [0, 0.05) is 0 Å². The number of unbranched alkanes of at least 4 members (excludes halogenated alkanes) is 2. The van der Waals surface area contributed by atoms with Crippen LogP contribution >= 0.6 is 23.1 Å². The maximum atomic E-state index is 7.49. The normalized spacial score (nSPS) is 20.9. The van der Waals surface area contributed by atoms with Crippen molar-refractivity contribution >= 4 is 70.2 Å². The van der Waals surface area contributed by atoms with Gasteiger partial charge >= 0.3 is 303 Å². The van der Waals surface area contributed by atoms with Gasteiger partial charge in [0.05, 0.1) is 0 Å². The van der Waals surface area contributed by atoms with Crippen LogP contribution in [0.25, 0.3) is 16.3 Å². The number of ether oxygens (including phenoxy) is 1. The fourth-order valence-corrected chi connectivity index (χ4v) is 12.0. The van der Waals surface area contributed by atoms with Crippen LogP contribution in [-0.4, -0.2) is 32.7 Å². The maximum absolute atomic E-state index is 7.49. The summed E-state index contributed by atoms with van der Waals surface area (Å²) in [6.45, 7) is 12.0. The van der Waals surface area contributed by atoms with Crippen LogP contribution in [0.5, 0.6) is 0 Å². The van der Waals surface area contributed by atoms with E-state index in [9.17, 15) is 0 Å². The van der Waals surface area contributed by atoms with E-state index in [1.165, 1.54) is 71.4 Å². The number of nitrogens with zero attached hydrogens (tertiary/aromatic N) is 3. The van der Waals surface area contributed by atoms with Crippen molar-refractivity contribution < 1.29 is 9.30 Å². The van der Waals surface area contributed by atoms with E-state index in [1.807, 2.05) is 23.1 Å². The molecule has 0 spiro atoms. The minimum absolute atomic E-state index is 0.150. The van der Waals surface area contributed by atoms with Crippen LogP contribution in [0.2, 0.25) is 0 Å². The molecule has 0 radical (unpaired) electrons. The molecular formula is C41H46N3OS2Se+. The molecule has 248 valence electrons. The number of allylic oxidation sites excluding steroid dienone is 5. The fraction of sp³-hybridized carbons (Fsp3) is 0.341. The molecule has 3 aliphatic rings. The van der Waals surface area contributed by atoms with Gasteiger partial charge in [0.2, 0.25) is 0 Å². The number of hydrogen-bond acceptors (Lipinski definition) is 5. The molecule has 1 aromatic heterocycles. The molecule has 1 atom stereocenters. The van der Waals surface area contributed by atoms with Crippen LogP contribution < -0.4 is 18.8 Å². The van der Waals surface area contributed by atoms with Gasteiger partial charge in [-0.15, -0.1) is 0 Å². The van der Waals surface area contributed by atoms with E-state index in [0.717, 1.165) is 44.7 Å². The summed E-state index contributed by atoms with van der Waals surface area (Å²) in [5.41, 5.74) is 6.58. The molecular weight excluding hydrogens is 694 g/mol. The van der Waals surface area contributed by atoms with Crippen LogP contribution in [-0.2, 0) is 11.3 Å². The SMILES string of the molecule is CCCCCN1c2ccccc2[Se]C1(C)OC1=C(/C=C/c2sc3ccccc3[n+]2CC)CCC/C1=C\C=C1/Sc2ccccc2N1CC. The Bertz CT molecular complexity index is 1920. The Hall–Kier alpha value is -3.22. The Labute approximate surface area is 301 Å². The monoisotopic (exact) mass is 740 g/mol. The van der Waals surface area contributed by atoms with Crippen molar-refractivity contribution in [3.05, 3.63) is 118 Å². The molecule has 0 saturated heterocycles. The molecule has 0 bridgehead atoms. The second kappa shape index (κ2) is 14.7. The first-order chi connectivity index (χ1) is 23.5. The van der Waals surface area contributed by atoms with Crippen molar-refractivity contribution in [3.63, 3.8) is 0 Å². The first-order valence-electron chi connectivity index (χ1n) is 17.6. The van der Waals surface area contributed by atoms with Crippen LogP contribution in [0.1, 0.15) is 71.2 Å². The second-order valence-electron chi connectivity index (χ2n) is 12.6. The summed E-state index contributed by atoms with van der Waals surface area (Å²) in [5.74, 6) is 1.08. The first-order valence-corrected chi connectivity index (χ1v) is 20.9. The summed E-state index contributed by atoms with van der Waals surface area (Å²) in [5, 5.41) is 2.57. The van der Waals surface area contributed by atoms with Crippen molar-refractivity contribution in [2.75, 3.05) is 22.9 Å². The van der Waals surface area contributed by atoms with E-state index in [2.05, 4.69) is 139 Å². The third-order valence-electron chi connectivity index (χ3n) is 9.46. The standard InChI is InChI=1S/C41H46N3OS2Se/c1-5-8-15-29-44-34-21-11-14-24-37(34)48-41(44,4)45-40-30(25-27-38-42(6-2)32-19-9-12-22-35(32)46-38)17-16-18-31(40)26-28-39-43(7-3)33-20-10-13-23-36(33)47-39/h9-14,19-28H,5-8,15-18,29H2,1-4H3/q+1. The van der Waals surface area contributed by atoms with Crippen LogP contribution in [0, 0.1) is 0 Å².